The number of aryl methyl sites for hydroxylation is 1. The second-order valence-electron chi connectivity index (χ2n) is 4.22. The summed E-state index contributed by atoms with van der Waals surface area (Å²) in [6.45, 7) is 0. The Morgan fingerprint density at radius 2 is 1.59 bits per heavy atom. The van der Waals surface area contributed by atoms with Gasteiger partial charge in [-0.2, -0.15) is 0 Å². The van der Waals surface area contributed by atoms with E-state index in [0.717, 1.165) is 12.8 Å². The van der Waals surface area contributed by atoms with Crippen LogP contribution in [0, 0.1) is 0 Å². The van der Waals surface area contributed by atoms with Crippen LogP contribution in [0.25, 0.3) is 0 Å². The summed E-state index contributed by atoms with van der Waals surface area (Å²) in [5.41, 5.74) is 8.50. The zero-order valence-electron chi connectivity index (χ0n) is 9.71. The molecule has 0 saturated heterocycles. The van der Waals surface area contributed by atoms with E-state index in [4.69, 9.17) is 5.73 Å². The Balaban J connectivity index is 1.92. The van der Waals surface area contributed by atoms with E-state index >= 15 is 0 Å². The third-order valence-corrected chi connectivity index (χ3v) is 2.91. The van der Waals surface area contributed by atoms with Gasteiger partial charge in [0, 0.05) is 6.04 Å². The minimum atomic E-state index is 0.0741. The van der Waals surface area contributed by atoms with Gasteiger partial charge in [0.1, 0.15) is 5.75 Å². The zero-order chi connectivity index (χ0) is 12.1. The molecule has 1 atom stereocenters. The second kappa shape index (κ2) is 5.51. The zero-order valence-corrected chi connectivity index (χ0v) is 9.71. The van der Waals surface area contributed by atoms with Crippen molar-refractivity contribution >= 4 is 0 Å². The predicted octanol–water partition coefficient (Wildman–Crippen LogP) is 3.02. The predicted molar refractivity (Wildman–Crippen MR) is 69.8 cm³/mol. The Bertz CT molecular complexity index is 450. The van der Waals surface area contributed by atoms with E-state index in [1.165, 1.54) is 11.1 Å². The Kier molecular flexibility index (Phi) is 3.78. The van der Waals surface area contributed by atoms with E-state index in [1.807, 2.05) is 30.3 Å². The lowest BCUT2D eigenvalue weighted by atomic mass is 10.00. The van der Waals surface area contributed by atoms with Gasteiger partial charge in [0.05, 0.1) is 0 Å². The first kappa shape index (κ1) is 11.7. The van der Waals surface area contributed by atoms with Crippen LogP contribution in [0.2, 0.25) is 0 Å². The highest BCUT2D eigenvalue weighted by Crippen LogP contribution is 2.17. The standard InChI is InChI=1S/C15H17NO/c16-15(13-4-2-1-3-5-13)11-8-12-6-9-14(17)10-7-12/h1-7,9-10,15,17H,8,11,16H2. The number of hydrogen-bond acceptors (Lipinski definition) is 2. The normalized spacial score (nSPS) is 12.3. The second-order valence-corrected chi connectivity index (χ2v) is 4.22. The number of nitrogens with two attached hydrogens (primary N) is 1. The molecule has 0 aliphatic carbocycles. The first-order valence-electron chi connectivity index (χ1n) is 5.84. The Labute approximate surface area is 102 Å². The van der Waals surface area contributed by atoms with Crippen molar-refractivity contribution in [2.45, 2.75) is 18.9 Å². The quantitative estimate of drug-likeness (QED) is 0.843. The van der Waals surface area contributed by atoms with Gasteiger partial charge in [0.2, 0.25) is 0 Å². The van der Waals surface area contributed by atoms with E-state index < -0.39 is 0 Å². The summed E-state index contributed by atoms with van der Waals surface area (Å²) in [4.78, 5) is 0. The van der Waals surface area contributed by atoms with Crippen molar-refractivity contribution in [3.05, 3.63) is 65.7 Å². The van der Waals surface area contributed by atoms with Gasteiger partial charge in [-0.1, -0.05) is 42.5 Å². The Hall–Kier alpha value is -1.80. The minimum Gasteiger partial charge on any atom is -0.508 e. The van der Waals surface area contributed by atoms with Crippen molar-refractivity contribution in [1.29, 1.82) is 0 Å². The summed E-state index contributed by atoms with van der Waals surface area (Å²) in [6.07, 6.45) is 1.84. The lowest BCUT2D eigenvalue weighted by molar-refractivity contribution is 0.475. The molecule has 0 bridgehead atoms. The van der Waals surface area contributed by atoms with Crippen molar-refractivity contribution in [2.75, 3.05) is 0 Å². The Morgan fingerprint density at radius 3 is 2.24 bits per heavy atom. The van der Waals surface area contributed by atoms with Crippen LogP contribution in [0.5, 0.6) is 5.75 Å². The molecule has 2 heteroatoms. The monoisotopic (exact) mass is 227 g/mol. The molecule has 2 aromatic carbocycles. The van der Waals surface area contributed by atoms with Gasteiger partial charge in [-0.15, -0.1) is 0 Å². The molecule has 0 aromatic heterocycles. The molecule has 0 amide bonds. The third-order valence-electron chi connectivity index (χ3n) is 2.91. The molecule has 88 valence electrons. The molecular weight excluding hydrogens is 210 g/mol. The van der Waals surface area contributed by atoms with E-state index in [0.29, 0.717) is 5.75 Å². The lowest BCUT2D eigenvalue weighted by Crippen LogP contribution is -2.11. The maximum atomic E-state index is 9.19. The smallest absolute Gasteiger partial charge is 0.115 e. The van der Waals surface area contributed by atoms with Gasteiger partial charge in [0.15, 0.2) is 0 Å². The van der Waals surface area contributed by atoms with E-state index in [-0.39, 0.29) is 6.04 Å². The average molecular weight is 227 g/mol. The van der Waals surface area contributed by atoms with Crippen LogP contribution in [-0.2, 0) is 6.42 Å². The first-order valence-corrected chi connectivity index (χ1v) is 5.84. The van der Waals surface area contributed by atoms with E-state index in [2.05, 4.69) is 12.1 Å². The van der Waals surface area contributed by atoms with Gasteiger partial charge >= 0.3 is 0 Å². The molecule has 2 aromatic rings. The molecule has 0 heterocycles. The van der Waals surface area contributed by atoms with Gasteiger partial charge < -0.3 is 10.8 Å². The maximum Gasteiger partial charge on any atom is 0.115 e. The first-order chi connectivity index (χ1) is 8.25. The molecule has 0 saturated carbocycles. The molecule has 0 aliphatic rings. The summed E-state index contributed by atoms with van der Waals surface area (Å²) in [5.74, 6) is 0.307. The summed E-state index contributed by atoms with van der Waals surface area (Å²) < 4.78 is 0. The molecule has 1 unspecified atom stereocenters. The van der Waals surface area contributed by atoms with Crippen molar-refractivity contribution in [3.63, 3.8) is 0 Å². The fraction of sp³-hybridized carbons (Fsp3) is 0.200. The third kappa shape index (κ3) is 3.33. The fourth-order valence-corrected chi connectivity index (χ4v) is 1.85. The SMILES string of the molecule is NC(CCc1ccc(O)cc1)c1ccccc1. The van der Waals surface area contributed by atoms with Gasteiger partial charge in [-0.3, -0.25) is 0 Å². The van der Waals surface area contributed by atoms with Crippen LogP contribution in [0.3, 0.4) is 0 Å². The van der Waals surface area contributed by atoms with Gasteiger partial charge in [-0.25, -0.2) is 0 Å². The number of rotatable bonds is 4. The largest absolute Gasteiger partial charge is 0.508 e. The highest BCUT2D eigenvalue weighted by Gasteiger charge is 2.05. The van der Waals surface area contributed by atoms with Crippen LogP contribution in [0.4, 0.5) is 0 Å². The summed E-state index contributed by atoms with van der Waals surface area (Å²) >= 11 is 0. The molecule has 0 spiro atoms. The maximum absolute atomic E-state index is 9.19. The number of phenolic OH excluding ortho intramolecular Hbond substituents is 1. The van der Waals surface area contributed by atoms with E-state index in [9.17, 15) is 5.11 Å². The lowest BCUT2D eigenvalue weighted by Gasteiger charge is -2.11. The van der Waals surface area contributed by atoms with Crippen molar-refractivity contribution < 1.29 is 5.11 Å². The van der Waals surface area contributed by atoms with Crippen molar-refractivity contribution in [1.82, 2.24) is 0 Å². The Morgan fingerprint density at radius 1 is 0.941 bits per heavy atom. The summed E-state index contributed by atoms with van der Waals surface area (Å²) in [7, 11) is 0. The van der Waals surface area contributed by atoms with Gasteiger partial charge in [-0.05, 0) is 36.1 Å². The summed E-state index contributed by atoms with van der Waals surface area (Å²) in [6, 6.07) is 17.5. The van der Waals surface area contributed by atoms with Gasteiger partial charge in [0.25, 0.3) is 0 Å². The average Bonchev–Trinajstić information content (AvgIpc) is 2.39. The highest BCUT2D eigenvalue weighted by molar-refractivity contribution is 5.26. The van der Waals surface area contributed by atoms with Crippen LogP contribution < -0.4 is 5.73 Å². The molecule has 0 radical (unpaired) electrons. The fourth-order valence-electron chi connectivity index (χ4n) is 1.85. The number of phenols is 1. The minimum absolute atomic E-state index is 0.0741. The van der Waals surface area contributed by atoms with E-state index in [1.54, 1.807) is 12.1 Å². The molecule has 17 heavy (non-hydrogen) atoms. The molecular formula is C15H17NO. The summed E-state index contributed by atoms with van der Waals surface area (Å²) in [5, 5.41) is 9.19. The van der Waals surface area contributed by atoms with Crippen molar-refractivity contribution in [2.24, 2.45) is 5.73 Å². The molecule has 0 fully saturated rings. The number of hydrogen-bond donors (Lipinski definition) is 2. The van der Waals surface area contributed by atoms with Crippen LogP contribution in [0.1, 0.15) is 23.6 Å². The number of aromatic hydroxyl groups is 1. The van der Waals surface area contributed by atoms with Crippen molar-refractivity contribution in [3.8, 4) is 5.75 Å². The molecule has 3 N–H and O–H groups in total. The number of benzene rings is 2. The molecule has 0 aliphatic heterocycles. The van der Waals surface area contributed by atoms with Crippen LogP contribution >= 0.6 is 0 Å². The topological polar surface area (TPSA) is 46.2 Å². The van der Waals surface area contributed by atoms with Crippen LogP contribution in [0.15, 0.2) is 54.6 Å². The molecule has 2 rings (SSSR count). The molecule has 2 nitrogen and oxygen atoms in total. The van der Waals surface area contributed by atoms with Crippen LogP contribution in [-0.4, -0.2) is 5.11 Å². The highest BCUT2D eigenvalue weighted by atomic mass is 16.3.